The quantitative estimate of drug-likeness (QED) is 0.487. The second-order valence-electron chi connectivity index (χ2n) is 8.52. The molecule has 1 heterocycles. The van der Waals surface area contributed by atoms with E-state index in [0.717, 1.165) is 57.9 Å². The molecule has 172 valence electrons. The lowest BCUT2D eigenvalue weighted by molar-refractivity contribution is -0.120. The first kappa shape index (κ1) is 23.2. The standard InChI is InChI=1S/C27H26O4S.H2O/c1-2-14-32(29)23-9-6-20(7-10-23)21-5-3-4-19(15-21)16-26(28)27(12-13-27)22-8-11-24-25(17-22)31-18-30-24;/h3-11,15,17H,2,12-14,16,18H2,1H3;1H2. The molecule has 0 aromatic heterocycles. The van der Waals surface area contributed by atoms with E-state index in [4.69, 9.17) is 9.47 Å². The number of carbonyl (C=O) groups is 1. The van der Waals surface area contributed by atoms with Gasteiger partial charge in [-0.25, -0.2) is 0 Å². The Labute approximate surface area is 196 Å². The largest absolute Gasteiger partial charge is 0.454 e. The minimum Gasteiger partial charge on any atom is -0.454 e. The molecule has 0 bridgehead atoms. The van der Waals surface area contributed by atoms with E-state index in [2.05, 4.69) is 12.1 Å². The van der Waals surface area contributed by atoms with E-state index in [1.54, 1.807) is 0 Å². The van der Waals surface area contributed by atoms with Crippen molar-refractivity contribution in [2.24, 2.45) is 0 Å². The van der Waals surface area contributed by atoms with Crippen molar-refractivity contribution in [2.75, 3.05) is 12.5 Å². The van der Waals surface area contributed by atoms with Gasteiger partial charge in [0, 0.05) is 17.1 Å². The fourth-order valence-corrected chi connectivity index (χ4v) is 5.41. The molecule has 1 atom stereocenters. The van der Waals surface area contributed by atoms with Gasteiger partial charge in [-0.05, 0) is 65.8 Å². The molecule has 0 radical (unpaired) electrons. The zero-order valence-corrected chi connectivity index (χ0v) is 19.5. The van der Waals surface area contributed by atoms with Gasteiger partial charge in [-0.15, -0.1) is 0 Å². The maximum atomic E-state index is 13.3. The van der Waals surface area contributed by atoms with Crippen LogP contribution in [0.4, 0.5) is 0 Å². The smallest absolute Gasteiger partial charge is 0.231 e. The number of benzene rings is 3. The second kappa shape index (κ2) is 9.49. The highest BCUT2D eigenvalue weighted by Gasteiger charge is 2.50. The molecular formula is C27H28O5S. The van der Waals surface area contributed by atoms with Crippen molar-refractivity contribution in [3.05, 3.63) is 77.9 Å². The Balaban J connectivity index is 0.00000259. The minimum absolute atomic E-state index is 0. The normalized spacial score (nSPS) is 16.0. The van der Waals surface area contributed by atoms with Crippen LogP contribution >= 0.6 is 0 Å². The molecule has 2 aliphatic rings. The molecular weight excluding hydrogens is 436 g/mol. The lowest BCUT2D eigenvalue weighted by atomic mass is 9.87. The van der Waals surface area contributed by atoms with Crippen LogP contribution in [0.5, 0.6) is 11.5 Å². The van der Waals surface area contributed by atoms with Gasteiger partial charge >= 0.3 is 0 Å². The van der Waals surface area contributed by atoms with Crippen LogP contribution in [0.3, 0.4) is 0 Å². The molecule has 1 aliphatic carbocycles. The molecule has 5 rings (SSSR count). The number of Topliss-reactive ketones (excluding diaryl/α,β-unsaturated/α-hetero) is 1. The van der Waals surface area contributed by atoms with Gasteiger partial charge in [0.15, 0.2) is 11.5 Å². The number of fused-ring (bicyclic) bond motifs is 1. The van der Waals surface area contributed by atoms with Crippen LogP contribution in [-0.2, 0) is 27.4 Å². The lowest BCUT2D eigenvalue weighted by Crippen LogP contribution is -2.22. The molecule has 1 unspecified atom stereocenters. The molecule has 0 saturated heterocycles. The maximum absolute atomic E-state index is 13.3. The van der Waals surface area contributed by atoms with E-state index >= 15 is 0 Å². The van der Waals surface area contributed by atoms with Gasteiger partial charge < -0.3 is 14.9 Å². The molecule has 0 spiro atoms. The van der Waals surface area contributed by atoms with E-state index in [0.29, 0.717) is 12.2 Å². The Morgan fingerprint density at radius 2 is 1.70 bits per heavy atom. The minimum atomic E-state index is -0.943. The van der Waals surface area contributed by atoms with Crippen molar-refractivity contribution in [1.82, 2.24) is 0 Å². The van der Waals surface area contributed by atoms with Crippen LogP contribution in [0.15, 0.2) is 71.6 Å². The molecule has 6 heteroatoms. The summed E-state index contributed by atoms with van der Waals surface area (Å²) in [6.45, 7) is 2.28. The number of hydrogen-bond donors (Lipinski definition) is 0. The first-order chi connectivity index (χ1) is 15.6. The average molecular weight is 465 g/mol. The monoisotopic (exact) mass is 464 g/mol. The summed E-state index contributed by atoms with van der Waals surface area (Å²) < 4.78 is 23.1. The first-order valence-electron chi connectivity index (χ1n) is 11.1. The highest BCUT2D eigenvalue weighted by molar-refractivity contribution is 7.85. The number of ether oxygens (including phenoxy) is 2. The fraction of sp³-hybridized carbons (Fsp3) is 0.296. The van der Waals surface area contributed by atoms with Gasteiger partial charge in [0.05, 0.1) is 16.2 Å². The Hall–Kier alpha value is -2.96. The number of ketones is 1. The predicted octanol–water partition coefficient (Wildman–Crippen LogP) is 4.62. The lowest BCUT2D eigenvalue weighted by Gasteiger charge is -2.15. The number of carbonyl (C=O) groups excluding carboxylic acids is 1. The Morgan fingerprint density at radius 3 is 2.42 bits per heavy atom. The van der Waals surface area contributed by atoms with Crippen molar-refractivity contribution in [3.63, 3.8) is 0 Å². The van der Waals surface area contributed by atoms with E-state index < -0.39 is 16.2 Å². The van der Waals surface area contributed by atoms with Crippen molar-refractivity contribution >= 4 is 16.6 Å². The fourth-order valence-electron chi connectivity index (χ4n) is 4.37. The van der Waals surface area contributed by atoms with Crippen LogP contribution in [-0.4, -0.2) is 28.0 Å². The Kier molecular flexibility index (Phi) is 6.68. The van der Waals surface area contributed by atoms with Gasteiger partial charge in [0.2, 0.25) is 6.79 Å². The second-order valence-corrected chi connectivity index (χ2v) is 10.1. The summed E-state index contributed by atoms with van der Waals surface area (Å²) in [6.07, 6.45) is 3.06. The third-order valence-corrected chi connectivity index (χ3v) is 7.92. The van der Waals surface area contributed by atoms with Crippen molar-refractivity contribution in [2.45, 2.75) is 42.9 Å². The van der Waals surface area contributed by atoms with Crippen LogP contribution in [0.2, 0.25) is 0 Å². The summed E-state index contributed by atoms with van der Waals surface area (Å²) in [7, 11) is -0.943. The summed E-state index contributed by atoms with van der Waals surface area (Å²) in [5.74, 6) is 2.40. The average Bonchev–Trinajstić information content (AvgIpc) is 3.50. The van der Waals surface area contributed by atoms with E-state index in [-0.39, 0.29) is 18.1 Å². The van der Waals surface area contributed by atoms with Crippen LogP contribution in [0.25, 0.3) is 11.1 Å². The molecule has 1 aliphatic heterocycles. The third kappa shape index (κ3) is 4.59. The van der Waals surface area contributed by atoms with Gasteiger partial charge in [0.1, 0.15) is 5.78 Å². The summed E-state index contributed by atoms with van der Waals surface area (Å²) in [5.41, 5.74) is 3.77. The zero-order valence-electron chi connectivity index (χ0n) is 18.6. The Morgan fingerprint density at radius 1 is 0.939 bits per heavy atom. The summed E-state index contributed by atoms with van der Waals surface area (Å²) in [5, 5.41) is 0. The summed E-state index contributed by atoms with van der Waals surface area (Å²) in [6, 6.07) is 21.9. The molecule has 1 fully saturated rings. The van der Waals surface area contributed by atoms with Gasteiger partial charge in [0.25, 0.3) is 0 Å². The van der Waals surface area contributed by atoms with Crippen LogP contribution in [0.1, 0.15) is 37.3 Å². The highest BCUT2D eigenvalue weighted by atomic mass is 32.2. The zero-order chi connectivity index (χ0) is 22.1. The van der Waals surface area contributed by atoms with Crippen molar-refractivity contribution in [3.8, 4) is 22.6 Å². The van der Waals surface area contributed by atoms with Crippen molar-refractivity contribution < 1.29 is 24.0 Å². The number of hydrogen-bond acceptors (Lipinski definition) is 4. The molecule has 2 N–H and O–H groups in total. The van der Waals surface area contributed by atoms with Crippen molar-refractivity contribution in [1.29, 1.82) is 0 Å². The molecule has 33 heavy (non-hydrogen) atoms. The summed E-state index contributed by atoms with van der Waals surface area (Å²) in [4.78, 5) is 14.2. The third-order valence-electron chi connectivity index (χ3n) is 6.34. The predicted molar refractivity (Wildman–Crippen MR) is 129 cm³/mol. The highest BCUT2D eigenvalue weighted by Crippen LogP contribution is 2.51. The molecule has 0 amide bonds. The van der Waals surface area contributed by atoms with Crippen LogP contribution < -0.4 is 9.47 Å². The summed E-state index contributed by atoms with van der Waals surface area (Å²) >= 11 is 0. The molecule has 5 nitrogen and oxygen atoms in total. The maximum Gasteiger partial charge on any atom is 0.231 e. The van der Waals surface area contributed by atoms with Crippen LogP contribution in [0, 0.1) is 0 Å². The van der Waals surface area contributed by atoms with Gasteiger partial charge in [-0.2, -0.15) is 0 Å². The molecule has 3 aromatic carbocycles. The SMILES string of the molecule is CCCS(=O)c1ccc(-c2cccc(CC(=O)C3(c4ccc5c(c4)OCO5)CC3)c2)cc1.O. The molecule has 3 aromatic rings. The Bertz CT molecular complexity index is 1180. The van der Waals surface area contributed by atoms with E-state index in [1.807, 2.05) is 61.5 Å². The van der Waals surface area contributed by atoms with E-state index in [9.17, 15) is 9.00 Å². The number of rotatable bonds is 8. The topological polar surface area (TPSA) is 84.1 Å². The van der Waals surface area contributed by atoms with E-state index in [1.165, 1.54) is 0 Å². The molecule has 1 saturated carbocycles. The first-order valence-corrected chi connectivity index (χ1v) is 12.4. The van der Waals surface area contributed by atoms with Gasteiger partial charge in [-0.1, -0.05) is 49.4 Å². The van der Waals surface area contributed by atoms with Gasteiger partial charge in [-0.3, -0.25) is 9.00 Å².